The number of aromatic nitrogens is 1. The summed E-state index contributed by atoms with van der Waals surface area (Å²) in [6.45, 7) is 6.93. The molecule has 102 valence electrons. The molecule has 20 heavy (non-hydrogen) atoms. The molecule has 2 nitrogen and oxygen atoms in total. The molecule has 0 atom stereocenters. The molecule has 0 bridgehead atoms. The molecule has 3 rings (SSSR count). The Kier molecular flexibility index (Phi) is 3.11. The highest BCUT2D eigenvalue weighted by atomic mass is 14.7. The van der Waals surface area contributed by atoms with Crippen LogP contribution in [0.25, 0.3) is 22.2 Å². The van der Waals surface area contributed by atoms with E-state index in [0.29, 0.717) is 6.54 Å². The quantitative estimate of drug-likeness (QED) is 0.715. The first-order chi connectivity index (χ1) is 9.60. The fraction of sp³-hybridized carbons (Fsp3) is 0.222. The summed E-state index contributed by atoms with van der Waals surface area (Å²) < 4.78 is 0. The van der Waals surface area contributed by atoms with Gasteiger partial charge in [-0.1, -0.05) is 29.3 Å². The van der Waals surface area contributed by atoms with Gasteiger partial charge >= 0.3 is 0 Å². The molecular formula is C18H20N2. The molecule has 1 aromatic heterocycles. The van der Waals surface area contributed by atoms with Gasteiger partial charge in [-0.25, -0.2) is 0 Å². The van der Waals surface area contributed by atoms with Crippen LogP contribution in [0.5, 0.6) is 0 Å². The maximum Gasteiger partial charge on any atom is 0.0513 e. The Bertz CT molecular complexity index is 781. The summed E-state index contributed by atoms with van der Waals surface area (Å²) in [5.41, 5.74) is 14.6. The van der Waals surface area contributed by atoms with Crippen molar-refractivity contribution in [3.63, 3.8) is 0 Å². The molecule has 0 fully saturated rings. The summed E-state index contributed by atoms with van der Waals surface area (Å²) in [5, 5.41) is 1.24. The van der Waals surface area contributed by atoms with E-state index in [2.05, 4.69) is 62.2 Å². The van der Waals surface area contributed by atoms with Crippen LogP contribution in [0.15, 0.2) is 36.4 Å². The minimum atomic E-state index is 0.548. The van der Waals surface area contributed by atoms with E-state index in [1.807, 2.05) is 0 Å². The molecule has 0 saturated heterocycles. The predicted molar refractivity (Wildman–Crippen MR) is 85.8 cm³/mol. The molecule has 1 heterocycles. The summed E-state index contributed by atoms with van der Waals surface area (Å²) in [5.74, 6) is 0. The SMILES string of the molecule is Cc1ccc(C)c(-c2[nH]c3ccc(C)cc3c2CN)c1. The number of rotatable bonds is 2. The fourth-order valence-corrected chi connectivity index (χ4v) is 2.81. The third-order valence-electron chi connectivity index (χ3n) is 3.93. The van der Waals surface area contributed by atoms with Crippen LogP contribution >= 0.6 is 0 Å². The normalized spacial score (nSPS) is 11.2. The molecule has 0 spiro atoms. The van der Waals surface area contributed by atoms with E-state index in [1.54, 1.807) is 0 Å². The van der Waals surface area contributed by atoms with Crippen molar-refractivity contribution in [3.05, 3.63) is 58.7 Å². The molecule has 3 N–H and O–H groups in total. The third kappa shape index (κ3) is 2.02. The smallest absolute Gasteiger partial charge is 0.0513 e. The lowest BCUT2D eigenvalue weighted by Crippen LogP contribution is -1.98. The summed E-state index contributed by atoms with van der Waals surface area (Å²) in [4.78, 5) is 3.55. The lowest BCUT2D eigenvalue weighted by atomic mass is 9.99. The second kappa shape index (κ2) is 4.80. The Morgan fingerprint density at radius 1 is 0.950 bits per heavy atom. The fourth-order valence-electron chi connectivity index (χ4n) is 2.81. The summed E-state index contributed by atoms with van der Waals surface area (Å²) >= 11 is 0. The highest BCUT2D eigenvalue weighted by Gasteiger charge is 2.13. The summed E-state index contributed by atoms with van der Waals surface area (Å²) in [7, 11) is 0. The van der Waals surface area contributed by atoms with Crippen LogP contribution in [0, 0.1) is 20.8 Å². The largest absolute Gasteiger partial charge is 0.354 e. The zero-order valence-electron chi connectivity index (χ0n) is 12.2. The van der Waals surface area contributed by atoms with Crippen LogP contribution in [0.4, 0.5) is 0 Å². The average Bonchev–Trinajstić information content (AvgIpc) is 2.79. The van der Waals surface area contributed by atoms with Gasteiger partial charge in [-0.15, -0.1) is 0 Å². The second-order valence-electron chi connectivity index (χ2n) is 5.55. The number of benzene rings is 2. The van der Waals surface area contributed by atoms with Crippen molar-refractivity contribution in [1.82, 2.24) is 4.98 Å². The second-order valence-corrected chi connectivity index (χ2v) is 5.55. The first-order valence-electron chi connectivity index (χ1n) is 6.99. The molecule has 0 saturated carbocycles. The Morgan fingerprint density at radius 3 is 2.40 bits per heavy atom. The zero-order valence-corrected chi connectivity index (χ0v) is 12.2. The van der Waals surface area contributed by atoms with Crippen LogP contribution in [0.2, 0.25) is 0 Å². The topological polar surface area (TPSA) is 41.8 Å². The molecule has 0 aliphatic rings. The van der Waals surface area contributed by atoms with E-state index >= 15 is 0 Å². The maximum atomic E-state index is 6.02. The minimum Gasteiger partial charge on any atom is -0.354 e. The average molecular weight is 264 g/mol. The van der Waals surface area contributed by atoms with Gasteiger partial charge in [0.25, 0.3) is 0 Å². The molecule has 2 aromatic carbocycles. The van der Waals surface area contributed by atoms with Crippen LogP contribution < -0.4 is 5.73 Å². The number of aromatic amines is 1. The van der Waals surface area contributed by atoms with Crippen molar-refractivity contribution >= 4 is 10.9 Å². The Morgan fingerprint density at radius 2 is 1.65 bits per heavy atom. The van der Waals surface area contributed by atoms with Crippen molar-refractivity contribution in [2.45, 2.75) is 27.3 Å². The lowest BCUT2D eigenvalue weighted by Gasteiger charge is -2.08. The van der Waals surface area contributed by atoms with Gasteiger partial charge in [-0.05, 0) is 50.1 Å². The number of nitrogens with two attached hydrogens (primary N) is 1. The highest BCUT2D eigenvalue weighted by Crippen LogP contribution is 2.32. The van der Waals surface area contributed by atoms with E-state index in [9.17, 15) is 0 Å². The molecule has 0 amide bonds. The van der Waals surface area contributed by atoms with E-state index in [0.717, 1.165) is 11.2 Å². The monoisotopic (exact) mass is 264 g/mol. The number of hydrogen-bond acceptors (Lipinski definition) is 1. The first-order valence-corrected chi connectivity index (χ1v) is 6.99. The van der Waals surface area contributed by atoms with Crippen LogP contribution in [0.1, 0.15) is 22.3 Å². The third-order valence-corrected chi connectivity index (χ3v) is 3.93. The molecule has 0 aliphatic heterocycles. The van der Waals surface area contributed by atoms with Gasteiger partial charge in [0.05, 0.1) is 5.69 Å². The highest BCUT2D eigenvalue weighted by molar-refractivity contribution is 5.91. The molecule has 3 aromatic rings. The Labute approximate surface area is 119 Å². The number of aryl methyl sites for hydroxylation is 3. The van der Waals surface area contributed by atoms with Crippen molar-refractivity contribution in [3.8, 4) is 11.3 Å². The van der Waals surface area contributed by atoms with E-state index in [4.69, 9.17) is 5.73 Å². The summed E-state index contributed by atoms with van der Waals surface area (Å²) in [6.07, 6.45) is 0. The van der Waals surface area contributed by atoms with Gasteiger partial charge in [0.2, 0.25) is 0 Å². The summed E-state index contributed by atoms with van der Waals surface area (Å²) in [6, 6.07) is 13.0. The minimum absolute atomic E-state index is 0.548. The Balaban J connectivity index is 2.33. The van der Waals surface area contributed by atoms with Crippen LogP contribution in [-0.2, 0) is 6.54 Å². The van der Waals surface area contributed by atoms with Gasteiger partial charge < -0.3 is 10.7 Å². The molecule has 0 radical (unpaired) electrons. The number of H-pyrrole nitrogens is 1. The Hall–Kier alpha value is -2.06. The number of nitrogens with one attached hydrogen (secondary N) is 1. The van der Waals surface area contributed by atoms with Crippen molar-refractivity contribution < 1.29 is 0 Å². The molecule has 0 unspecified atom stereocenters. The lowest BCUT2D eigenvalue weighted by molar-refractivity contribution is 1.08. The molecule has 2 heteroatoms. The van der Waals surface area contributed by atoms with Gasteiger partial charge in [0, 0.05) is 23.0 Å². The van der Waals surface area contributed by atoms with E-state index < -0.39 is 0 Å². The molecular weight excluding hydrogens is 244 g/mol. The van der Waals surface area contributed by atoms with Crippen molar-refractivity contribution in [2.24, 2.45) is 5.73 Å². The first kappa shape index (κ1) is 12.9. The number of hydrogen-bond donors (Lipinski definition) is 2. The predicted octanol–water partition coefficient (Wildman–Crippen LogP) is 4.22. The van der Waals surface area contributed by atoms with Gasteiger partial charge in [-0.3, -0.25) is 0 Å². The van der Waals surface area contributed by atoms with E-state index in [1.165, 1.54) is 33.2 Å². The van der Waals surface area contributed by atoms with Gasteiger partial charge in [0.15, 0.2) is 0 Å². The van der Waals surface area contributed by atoms with Crippen LogP contribution in [0.3, 0.4) is 0 Å². The van der Waals surface area contributed by atoms with Crippen molar-refractivity contribution in [1.29, 1.82) is 0 Å². The number of fused-ring (bicyclic) bond motifs is 1. The van der Waals surface area contributed by atoms with Crippen LogP contribution in [-0.4, -0.2) is 4.98 Å². The van der Waals surface area contributed by atoms with Gasteiger partial charge in [-0.2, -0.15) is 0 Å². The zero-order chi connectivity index (χ0) is 14.3. The van der Waals surface area contributed by atoms with E-state index in [-0.39, 0.29) is 0 Å². The van der Waals surface area contributed by atoms with Crippen molar-refractivity contribution in [2.75, 3.05) is 0 Å². The molecule has 0 aliphatic carbocycles. The van der Waals surface area contributed by atoms with Gasteiger partial charge in [0.1, 0.15) is 0 Å². The maximum absolute atomic E-state index is 6.02. The standard InChI is InChI=1S/C18H20N2/c1-11-4-6-13(3)14(8-11)18-16(10-19)15-9-12(2)5-7-17(15)20-18/h4-9,20H,10,19H2,1-3H3.